The highest BCUT2D eigenvalue weighted by atomic mass is 35.5. The van der Waals surface area contributed by atoms with Crippen LogP contribution in [0.3, 0.4) is 0 Å². The largest absolute Gasteiger partial charge is 0.459 e. The smallest absolute Gasteiger partial charge is 0.396 e. The molecule has 0 radical (unpaired) electrons. The van der Waals surface area contributed by atoms with Crippen LogP contribution in [0.15, 0.2) is 24.3 Å². The third-order valence-corrected chi connectivity index (χ3v) is 4.01. The minimum Gasteiger partial charge on any atom is -0.459 e. The number of hydrogen-bond acceptors (Lipinski definition) is 5. The number of nitrogens with one attached hydrogen (secondary N) is 1. The molecule has 0 spiro atoms. The van der Waals surface area contributed by atoms with Gasteiger partial charge >= 0.3 is 11.9 Å². The van der Waals surface area contributed by atoms with Crippen LogP contribution in [0.5, 0.6) is 0 Å². The minimum atomic E-state index is -0.978. The molecule has 0 aromatic heterocycles. The van der Waals surface area contributed by atoms with Crippen LogP contribution >= 0.6 is 11.6 Å². The fraction of sp³-hybridized carbons (Fsp3) is 0.438. The lowest BCUT2D eigenvalue weighted by atomic mass is 10.2. The van der Waals surface area contributed by atoms with E-state index in [9.17, 15) is 14.4 Å². The first-order valence-electron chi connectivity index (χ1n) is 7.75. The van der Waals surface area contributed by atoms with E-state index >= 15 is 0 Å². The molecule has 0 unspecified atom stereocenters. The standard InChI is InChI=1S/C16H20ClN3O4/c1-2-24-16(23)15(22)18-11-14(21)20-9-7-19(8-10-20)13-6-4-3-5-12(13)17/h3-6H,2,7-11H2,1H3,(H,18,22). The Balaban J connectivity index is 1.80. The molecule has 0 bridgehead atoms. The maximum Gasteiger partial charge on any atom is 0.396 e. The molecule has 1 heterocycles. The van der Waals surface area contributed by atoms with Gasteiger partial charge in [-0.15, -0.1) is 0 Å². The van der Waals surface area contributed by atoms with Gasteiger partial charge in [0.1, 0.15) is 0 Å². The SMILES string of the molecule is CCOC(=O)C(=O)NCC(=O)N1CCN(c2ccccc2Cl)CC1. The lowest BCUT2D eigenvalue weighted by molar-refractivity contribution is -0.154. The first kappa shape index (κ1) is 18.1. The third-order valence-electron chi connectivity index (χ3n) is 3.69. The fourth-order valence-electron chi connectivity index (χ4n) is 2.44. The molecule has 1 aromatic carbocycles. The molecule has 130 valence electrons. The van der Waals surface area contributed by atoms with Crippen molar-refractivity contribution in [2.45, 2.75) is 6.92 Å². The molecule has 1 fully saturated rings. The predicted molar refractivity (Wildman–Crippen MR) is 89.9 cm³/mol. The predicted octanol–water partition coefficient (Wildman–Crippen LogP) is 0.668. The Morgan fingerprint density at radius 3 is 2.46 bits per heavy atom. The average molecular weight is 354 g/mol. The molecular weight excluding hydrogens is 334 g/mol. The number of para-hydroxylation sites is 1. The Morgan fingerprint density at radius 1 is 1.17 bits per heavy atom. The van der Waals surface area contributed by atoms with Crippen molar-refractivity contribution in [2.75, 3.05) is 44.2 Å². The summed E-state index contributed by atoms with van der Waals surface area (Å²) < 4.78 is 4.56. The molecule has 24 heavy (non-hydrogen) atoms. The highest BCUT2D eigenvalue weighted by Crippen LogP contribution is 2.25. The van der Waals surface area contributed by atoms with Crippen LogP contribution in [0.2, 0.25) is 5.02 Å². The normalized spacial score (nSPS) is 14.2. The van der Waals surface area contributed by atoms with Crippen molar-refractivity contribution in [3.8, 4) is 0 Å². The monoisotopic (exact) mass is 353 g/mol. The van der Waals surface area contributed by atoms with Gasteiger partial charge in [-0.05, 0) is 19.1 Å². The summed E-state index contributed by atoms with van der Waals surface area (Å²) in [5, 5.41) is 2.96. The number of hydrogen-bond donors (Lipinski definition) is 1. The summed E-state index contributed by atoms with van der Waals surface area (Å²) >= 11 is 6.18. The summed E-state index contributed by atoms with van der Waals surface area (Å²) in [7, 11) is 0. The molecule has 1 aliphatic rings. The summed E-state index contributed by atoms with van der Waals surface area (Å²) in [6.07, 6.45) is 0. The average Bonchev–Trinajstić information content (AvgIpc) is 2.60. The second-order valence-corrected chi connectivity index (χ2v) is 5.63. The quantitative estimate of drug-likeness (QED) is 0.635. The van der Waals surface area contributed by atoms with Gasteiger partial charge in [-0.25, -0.2) is 4.79 Å². The Bertz CT molecular complexity index is 615. The maximum atomic E-state index is 12.1. The lowest BCUT2D eigenvalue weighted by Crippen LogP contribution is -2.51. The Hall–Kier alpha value is -2.28. The lowest BCUT2D eigenvalue weighted by Gasteiger charge is -2.36. The van der Waals surface area contributed by atoms with Crippen molar-refractivity contribution in [3.63, 3.8) is 0 Å². The zero-order chi connectivity index (χ0) is 17.5. The summed E-state index contributed by atoms with van der Waals surface area (Å²) in [4.78, 5) is 38.5. The fourth-order valence-corrected chi connectivity index (χ4v) is 2.70. The number of halogens is 1. The van der Waals surface area contributed by atoms with Gasteiger partial charge in [-0.3, -0.25) is 9.59 Å². The number of rotatable bonds is 4. The van der Waals surface area contributed by atoms with Gasteiger partial charge in [-0.2, -0.15) is 0 Å². The second kappa shape index (κ2) is 8.54. The first-order chi connectivity index (χ1) is 11.5. The number of carbonyl (C=O) groups excluding carboxylic acids is 3. The number of carbonyl (C=O) groups is 3. The molecule has 0 atom stereocenters. The number of piperazine rings is 1. The Morgan fingerprint density at radius 2 is 1.83 bits per heavy atom. The van der Waals surface area contributed by atoms with E-state index in [1.54, 1.807) is 11.8 Å². The van der Waals surface area contributed by atoms with Crippen molar-refractivity contribution in [2.24, 2.45) is 0 Å². The van der Waals surface area contributed by atoms with E-state index in [-0.39, 0.29) is 19.1 Å². The molecule has 1 N–H and O–H groups in total. The van der Waals surface area contributed by atoms with Gasteiger partial charge < -0.3 is 19.9 Å². The van der Waals surface area contributed by atoms with Crippen LogP contribution in [-0.4, -0.2) is 62.0 Å². The number of anilines is 1. The van der Waals surface area contributed by atoms with Gasteiger partial charge in [0.05, 0.1) is 23.9 Å². The van der Waals surface area contributed by atoms with Crippen molar-refractivity contribution in [1.29, 1.82) is 0 Å². The third kappa shape index (κ3) is 4.61. The van der Waals surface area contributed by atoms with Crippen molar-refractivity contribution in [1.82, 2.24) is 10.2 Å². The van der Waals surface area contributed by atoms with Crippen LogP contribution < -0.4 is 10.2 Å². The summed E-state index contributed by atoms with van der Waals surface area (Å²) in [5.74, 6) is -2.11. The zero-order valence-corrected chi connectivity index (χ0v) is 14.2. The van der Waals surface area contributed by atoms with E-state index in [4.69, 9.17) is 11.6 Å². The van der Waals surface area contributed by atoms with Crippen LogP contribution in [0, 0.1) is 0 Å². The van der Waals surface area contributed by atoms with Crippen LogP contribution in [0.25, 0.3) is 0 Å². The van der Waals surface area contributed by atoms with Crippen LogP contribution in [-0.2, 0) is 19.1 Å². The molecule has 2 amide bonds. The molecule has 8 heteroatoms. The Labute approximate surface area is 145 Å². The number of ether oxygens (including phenoxy) is 1. The maximum absolute atomic E-state index is 12.1. The highest BCUT2D eigenvalue weighted by Gasteiger charge is 2.23. The summed E-state index contributed by atoms with van der Waals surface area (Å²) in [5.41, 5.74) is 0.946. The second-order valence-electron chi connectivity index (χ2n) is 5.22. The van der Waals surface area contributed by atoms with Gasteiger partial charge in [0.25, 0.3) is 0 Å². The van der Waals surface area contributed by atoms with Gasteiger partial charge in [0.15, 0.2) is 0 Å². The van der Waals surface area contributed by atoms with Gasteiger partial charge in [0, 0.05) is 26.2 Å². The molecular formula is C16H20ClN3O4. The van der Waals surface area contributed by atoms with Crippen molar-refractivity contribution in [3.05, 3.63) is 29.3 Å². The van der Waals surface area contributed by atoms with Crippen molar-refractivity contribution < 1.29 is 19.1 Å². The van der Waals surface area contributed by atoms with E-state index in [0.717, 1.165) is 5.69 Å². The number of nitrogens with zero attached hydrogens (tertiary/aromatic N) is 2. The van der Waals surface area contributed by atoms with Gasteiger partial charge in [-0.1, -0.05) is 23.7 Å². The molecule has 1 aromatic rings. The van der Waals surface area contributed by atoms with E-state index < -0.39 is 11.9 Å². The minimum absolute atomic E-state index is 0.115. The summed E-state index contributed by atoms with van der Waals surface area (Å²) in [6, 6.07) is 7.57. The van der Waals surface area contributed by atoms with E-state index in [0.29, 0.717) is 31.2 Å². The summed E-state index contributed by atoms with van der Waals surface area (Å²) in [6.45, 7) is 3.87. The Kier molecular flexibility index (Phi) is 6.43. The number of amides is 2. The number of benzene rings is 1. The van der Waals surface area contributed by atoms with Gasteiger partial charge in [0.2, 0.25) is 5.91 Å². The molecule has 1 saturated heterocycles. The topological polar surface area (TPSA) is 78.9 Å². The molecule has 7 nitrogen and oxygen atoms in total. The van der Waals surface area contributed by atoms with Crippen molar-refractivity contribution >= 4 is 35.1 Å². The van der Waals surface area contributed by atoms with E-state index in [1.807, 2.05) is 24.3 Å². The van der Waals surface area contributed by atoms with Crippen LogP contribution in [0.4, 0.5) is 5.69 Å². The highest BCUT2D eigenvalue weighted by molar-refractivity contribution is 6.33. The zero-order valence-electron chi connectivity index (χ0n) is 13.5. The number of esters is 1. The molecule has 0 aliphatic carbocycles. The van der Waals surface area contributed by atoms with E-state index in [2.05, 4.69) is 15.0 Å². The van der Waals surface area contributed by atoms with E-state index in [1.165, 1.54) is 0 Å². The first-order valence-corrected chi connectivity index (χ1v) is 8.13. The molecule has 2 rings (SSSR count). The molecule has 0 saturated carbocycles. The molecule has 1 aliphatic heterocycles. The van der Waals surface area contributed by atoms with Crippen LogP contribution in [0.1, 0.15) is 6.92 Å².